The van der Waals surface area contributed by atoms with E-state index in [2.05, 4.69) is 0 Å². The Bertz CT molecular complexity index is 469. The maximum atomic E-state index is 12.3. The molecule has 5 nitrogen and oxygen atoms in total. The van der Waals surface area contributed by atoms with Gasteiger partial charge in [-0.15, -0.1) is 0 Å². The van der Waals surface area contributed by atoms with E-state index in [1.165, 1.54) is 13.2 Å². The first-order chi connectivity index (χ1) is 9.58. The molecule has 5 heteroatoms. The van der Waals surface area contributed by atoms with Gasteiger partial charge in [0.05, 0.1) is 18.6 Å². The summed E-state index contributed by atoms with van der Waals surface area (Å²) in [7, 11) is 1.34. The lowest BCUT2D eigenvalue weighted by molar-refractivity contribution is -0.154. The highest BCUT2D eigenvalue weighted by Crippen LogP contribution is 2.57. The third-order valence-corrected chi connectivity index (χ3v) is 5.07. The second-order valence-electron chi connectivity index (χ2n) is 6.06. The van der Waals surface area contributed by atoms with E-state index in [1.807, 2.05) is 0 Å². The molecule has 2 aliphatic carbocycles. The lowest BCUT2D eigenvalue weighted by Gasteiger charge is -2.37. The van der Waals surface area contributed by atoms with E-state index in [9.17, 15) is 14.7 Å². The Labute approximate surface area is 117 Å². The highest BCUT2D eigenvalue weighted by Gasteiger charge is 2.61. The van der Waals surface area contributed by atoms with Crippen molar-refractivity contribution in [3.8, 4) is 0 Å². The predicted octanol–water partition coefficient (Wildman–Crippen LogP) is 1.34. The first-order valence-corrected chi connectivity index (χ1v) is 7.26. The molecule has 2 saturated carbocycles. The molecule has 0 radical (unpaired) electrons. The zero-order valence-corrected chi connectivity index (χ0v) is 11.6. The van der Waals surface area contributed by atoms with Gasteiger partial charge in [0.25, 0.3) is 0 Å². The summed E-state index contributed by atoms with van der Waals surface area (Å²) in [5.41, 5.74) is 0.375. The molecule has 1 heterocycles. The predicted molar refractivity (Wildman–Crippen MR) is 69.6 cm³/mol. The van der Waals surface area contributed by atoms with Gasteiger partial charge in [0.15, 0.2) is 0 Å². The van der Waals surface area contributed by atoms with Gasteiger partial charge in [-0.3, -0.25) is 4.79 Å². The van der Waals surface area contributed by atoms with Gasteiger partial charge in [-0.2, -0.15) is 0 Å². The van der Waals surface area contributed by atoms with Gasteiger partial charge in [-0.1, -0.05) is 5.57 Å². The summed E-state index contributed by atoms with van der Waals surface area (Å²) in [5.74, 6) is -0.760. The Morgan fingerprint density at radius 3 is 2.95 bits per heavy atom. The van der Waals surface area contributed by atoms with Crippen LogP contribution < -0.4 is 0 Å². The van der Waals surface area contributed by atoms with Gasteiger partial charge in [0, 0.05) is 12.0 Å². The van der Waals surface area contributed by atoms with E-state index in [-0.39, 0.29) is 11.9 Å². The number of hydrogen-bond acceptors (Lipinski definition) is 5. The molecule has 1 aliphatic heterocycles. The average Bonchev–Trinajstić information content (AvgIpc) is 2.64. The first-order valence-electron chi connectivity index (χ1n) is 7.26. The molecule has 2 bridgehead atoms. The van der Waals surface area contributed by atoms with Gasteiger partial charge in [-0.25, -0.2) is 4.79 Å². The fourth-order valence-electron chi connectivity index (χ4n) is 4.18. The molecule has 0 spiro atoms. The highest BCUT2D eigenvalue weighted by molar-refractivity contribution is 5.85. The lowest BCUT2D eigenvalue weighted by Crippen LogP contribution is -2.40. The Hall–Kier alpha value is -1.36. The van der Waals surface area contributed by atoms with E-state index >= 15 is 0 Å². The second kappa shape index (κ2) is 4.88. The number of methoxy groups -OCH3 is 1. The average molecular weight is 280 g/mol. The van der Waals surface area contributed by atoms with Crippen LogP contribution in [-0.2, 0) is 19.1 Å². The minimum absolute atomic E-state index is 0.166. The van der Waals surface area contributed by atoms with Crippen LogP contribution in [0.1, 0.15) is 38.5 Å². The Morgan fingerprint density at radius 2 is 2.20 bits per heavy atom. The van der Waals surface area contributed by atoms with E-state index in [1.54, 1.807) is 0 Å². The minimum atomic E-state index is -0.632. The molecule has 110 valence electrons. The Kier molecular flexibility index (Phi) is 3.32. The molecular weight excluding hydrogens is 260 g/mol. The van der Waals surface area contributed by atoms with Crippen LogP contribution in [0.5, 0.6) is 0 Å². The molecule has 3 rings (SSSR count). The SMILES string of the molecule is COC(=O)/C=C1\CCCC23CCCC(O)C(OC2=O)C13. The van der Waals surface area contributed by atoms with Crippen LogP contribution in [-0.4, -0.2) is 36.4 Å². The molecule has 0 aromatic heterocycles. The van der Waals surface area contributed by atoms with E-state index in [4.69, 9.17) is 9.47 Å². The molecular formula is C15H20O5. The lowest BCUT2D eigenvalue weighted by atomic mass is 9.62. The summed E-state index contributed by atoms with van der Waals surface area (Å²) in [4.78, 5) is 23.9. The zero-order valence-electron chi connectivity index (χ0n) is 11.6. The first kappa shape index (κ1) is 13.6. The zero-order chi connectivity index (χ0) is 14.3. The van der Waals surface area contributed by atoms with Crippen molar-refractivity contribution in [1.29, 1.82) is 0 Å². The van der Waals surface area contributed by atoms with Gasteiger partial charge in [0.1, 0.15) is 6.10 Å². The van der Waals surface area contributed by atoms with Crippen molar-refractivity contribution in [3.05, 3.63) is 11.6 Å². The molecule has 1 N–H and O–H groups in total. The fourth-order valence-corrected chi connectivity index (χ4v) is 4.18. The Morgan fingerprint density at radius 1 is 1.45 bits per heavy atom. The number of rotatable bonds is 1. The highest BCUT2D eigenvalue weighted by atomic mass is 16.6. The summed E-state index contributed by atoms with van der Waals surface area (Å²) >= 11 is 0. The molecule has 0 aromatic rings. The third-order valence-electron chi connectivity index (χ3n) is 5.07. The van der Waals surface area contributed by atoms with E-state index in [0.717, 1.165) is 37.7 Å². The van der Waals surface area contributed by atoms with Crippen LogP contribution in [0.4, 0.5) is 0 Å². The number of ether oxygens (including phenoxy) is 2. The third kappa shape index (κ3) is 1.87. The monoisotopic (exact) mass is 280 g/mol. The molecule has 1 saturated heterocycles. The number of carbonyl (C=O) groups is 2. The van der Waals surface area contributed by atoms with Crippen LogP contribution >= 0.6 is 0 Å². The van der Waals surface area contributed by atoms with Crippen LogP contribution in [0.15, 0.2) is 11.6 Å². The summed E-state index contributed by atoms with van der Waals surface area (Å²) in [6.45, 7) is 0. The Balaban J connectivity index is 2.03. The molecule has 3 aliphatic rings. The fraction of sp³-hybridized carbons (Fsp3) is 0.733. The smallest absolute Gasteiger partial charge is 0.330 e. The quantitative estimate of drug-likeness (QED) is 0.579. The number of aliphatic hydroxyl groups is 1. The van der Waals surface area contributed by atoms with Crippen LogP contribution in [0.2, 0.25) is 0 Å². The topological polar surface area (TPSA) is 72.8 Å². The molecule has 4 unspecified atom stereocenters. The van der Waals surface area contributed by atoms with Gasteiger partial charge >= 0.3 is 11.9 Å². The summed E-state index contributed by atoms with van der Waals surface area (Å²) < 4.78 is 10.2. The maximum Gasteiger partial charge on any atom is 0.330 e. The van der Waals surface area contributed by atoms with Crippen LogP contribution in [0.25, 0.3) is 0 Å². The summed E-state index contributed by atoms with van der Waals surface area (Å²) in [6, 6.07) is 0. The number of carbonyl (C=O) groups excluding carboxylic acids is 2. The van der Waals surface area contributed by atoms with Crippen molar-refractivity contribution in [2.75, 3.05) is 7.11 Å². The summed E-state index contributed by atoms with van der Waals surface area (Å²) in [6.07, 6.45) is 5.01. The molecule has 0 aromatic carbocycles. The minimum Gasteiger partial charge on any atom is -0.466 e. The van der Waals surface area contributed by atoms with E-state index < -0.39 is 23.6 Å². The van der Waals surface area contributed by atoms with Crippen molar-refractivity contribution >= 4 is 11.9 Å². The summed E-state index contributed by atoms with van der Waals surface area (Å²) in [5, 5.41) is 10.2. The van der Waals surface area contributed by atoms with Crippen molar-refractivity contribution in [2.45, 2.75) is 50.7 Å². The standard InChI is InChI=1S/C15H20O5/c1-19-11(17)8-9-4-2-6-15-7-3-5-10(16)13(12(9)15)20-14(15)18/h8,10,12-13,16H,2-7H2,1H3/b9-8+. The van der Waals surface area contributed by atoms with Gasteiger partial charge < -0.3 is 14.6 Å². The molecule has 20 heavy (non-hydrogen) atoms. The van der Waals surface area contributed by atoms with Crippen molar-refractivity contribution < 1.29 is 24.2 Å². The van der Waals surface area contributed by atoms with Crippen LogP contribution in [0, 0.1) is 11.3 Å². The normalized spacial score (nSPS) is 41.8. The molecule has 3 fully saturated rings. The van der Waals surface area contributed by atoms with Crippen molar-refractivity contribution in [2.24, 2.45) is 11.3 Å². The largest absolute Gasteiger partial charge is 0.466 e. The number of aliphatic hydroxyl groups excluding tert-OH is 1. The maximum absolute atomic E-state index is 12.3. The second-order valence-corrected chi connectivity index (χ2v) is 6.06. The molecule has 0 amide bonds. The van der Waals surface area contributed by atoms with Crippen molar-refractivity contribution in [1.82, 2.24) is 0 Å². The van der Waals surface area contributed by atoms with Crippen LogP contribution in [0.3, 0.4) is 0 Å². The number of hydrogen-bond donors (Lipinski definition) is 1. The van der Waals surface area contributed by atoms with Gasteiger partial charge in [0.2, 0.25) is 0 Å². The molecule has 4 atom stereocenters. The number of esters is 2. The van der Waals surface area contributed by atoms with Gasteiger partial charge in [-0.05, 0) is 38.5 Å². The van der Waals surface area contributed by atoms with Crippen molar-refractivity contribution in [3.63, 3.8) is 0 Å². The van der Waals surface area contributed by atoms with E-state index in [0.29, 0.717) is 6.42 Å².